The van der Waals surface area contributed by atoms with E-state index in [2.05, 4.69) is 5.32 Å². The monoisotopic (exact) mass is 412 g/mol. The zero-order valence-electron chi connectivity index (χ0n) is 13.8. The molecular formula is C18H15Cl3N2O3. The van der Waals surface area contributed by atoms with Crippen LogP contribution in [0, 0.1) is 0 Å². The highest BCUT2D eigenvalue weighted by Gasteiger charge is 2.49. The summed E-state index contributed by atoms with van der Waals surface area (Å²) in [7, 11) is 0. The second-order valence-electron chi connectivity index (χ2n) is 5.91. The Balaban J connectivity index is 1.73. The van der Waals surface area contributed by atoms with Gasteiger partial charge in [0, 0.05) is 15.6 Å². The van der Waals surface area contributed by atoms with Gasteiger partial charge in [0.1, 0.15) is 17.9 Å². The minimum absolute atomic E-state index is 0.0800. The van der Waals surface area contributed by atoms with E-state index in [4.69, 9.17) is 39.5 Å². The third-order valence-electron chi connectivity index (χ3n) is 4.15. The number of imide groups is 1. The number of benzene rings is 2. The number of ether oxygens (including phenoxy) is 1. The predicted molar refractivity (Wildman–Crippen MR) is 101 cm³/mol. The fraction of sp³-hybridized carbons (Fsp3) is 0.222. The van der Waals surface area contributed by atoms with Crippen LogP contribution in [0.3, 0.4) is 0 Å². The summed E-state index contributed by atoms with van der Waals surface area (Å²) in [4.78, 5) is 26.3. The van der Waals surface area contributed by atoms with Gasteiger partial charge in [-0.05, 0) is 31.2 Å². The smallest absolute Gasteiger partial charge is 0.325 e. The van der Waals surface area contributed by atoms with E-state index in [1.165, 1.54) is 6.07 Å². The van der Waals surface area contributed by atoms with Gasteiger partial charge in [-0.3, -0.25) is 9.69 Å². The van der Waals surface area contributed by atoms with Gasteiger partial charge in [-0.2, -0.15) is 0 Å². The average molecular weight is 414 g/mol. The number of halogens is 3. The molecule has 3 amide bonds. The maximum absolute atomic E-state index is 12.9. The molecule has 8 heteroatoms. The Morgan fingerprint density at radius 2 is 1.81 bits per heavy atom. The highest BCUT2D eigenvalue weighted by Crippen LogP contribution is 2.35. The van der Waals surface area contributed by atoms with Crippen LogP contribution in [-0.2, 0) is 10.3 Å². The molecule has 1 unspecified atom stereocenters. The van der Waals surface area contributed by atoms with E-state index in [9.17, 15) is 9.59 Å². The standard InChI is InChI=1S/C18H15Cl3N2O3/c1-18(12-7-6-11(19)10-14(12)21)16(24)23(17(25)22-18)8-9-26-15-5-3-2-4-13(15)20/h2-7,10H,8-9H2,1H3,(H,22,25). The number of nitrogens with zero attached hydrogens (tertiary/aromatic N) is 1. The lowest BCUT2D eigenvalue weighted by Crippen LogP contribution is -2.41. The fourth-order valence-electron chi connectivity index (χ4n) is 2.79. The summed E-state index contributed by atoms with van der Waals surface area (Å²) >= 11 is 18.1. The molecule has 0 radical (unpaired) electrons. The van der Waals surface area contributed by atoms with Gasteiger partial charge in [0.25, 0.3) is 5.91 Å². The molecule has 1 heterocycles. The molecule has 1 N–H and O–H groups in total. The van der Waals surface area contributed by atoms with Crippen LogP contribution < -0.4 is 10.1 Å². The summed E-state index contributed by atoms with van der Waals surface area (Å²) in [5, 5.41) is 3.91. The zero-order valence-corrected chi connectivity index (χ0v) is 16.0. The lowest BCUT2D eigenvalue weighted by molar-refractivity contribution is -0.131. The minimum atomic E-state index is -1.26. The van der Waals surface area contributed by atoms with Crippen LogP contribution in [-0.4, -0.2) is 30.0 Å². The minimum Gasteiger partial charge on any atom is -0.490 e. The number of nitrogens with one attached hydrogen (secondary N) is 1. The Bertz CT molecular complexity index is 875. The molecule has 2 aromatic rings. The van der Waals surface area contributed by atoms with Crippen molar-refractivity contribution in [2.75, 3.05) is 13.2 Å². The highest BCUT2D eigenvalue weighted by molar-refractivity contribution is 6.35. The predicted octanol–water partition coefficient (Wildman–Crippen LogP) is 4.49. The maximum Gasteiger partial charge on any atom is 0.325 e. The van der Waals surface area contributed by atoms with Crippen LogP contribution in [0.1, 0.15) is 12.5 Å². The second kappa shape index (κ2) is 7.35. The number of para-hydroxylation sites is 1. The number of rotatable bonds is 5. The first kappa shape index (κ1) is 18.8. The lowest BCUT2D eigenvalue weighted by atomic mass is 9.92. The molecule has 5 nitrogen and oxygen atoms in total. The normalized spacial score (nSPS) is 19.6. The Morgan fingerprint density at radius 1 is 1.08 bits per heavy atom. The molecule has 26 heavy (non-hydrogen) atoms. The number of hydrogen-bond acceptors (Lipinski definition) is 3. The lowest BCUT2D eigenvalue weighted by Gasteiger charge is -2.23. The van der Waals surface area contributed by atoms with E-state index in [1.54, 1.807) is 43.3 Å². The molecule has 1 fully saturated rings. The number of carbonyl (C=O) groups is 2. The fourth-order valence-corrected chi connectivity index (χ4v) is 3.57. The van der Waals surface area contributed by atoms with E-state index in [0.717, 1.165) is 4.90 Å². The van der Waals surface area contributed by atoms with Crippen molar-refractivity contribution >= 4 is 46.7 Å². The molecule has 0 aromatic heterocycles. The molecule has 1 aliphatic heterocycles. The SMILES string of the molecule is CC1(c2ccc(Cl)cc2Cl)NC(=O)N(CCOc2ccccc2Cl)C1=O. The zero-order chi connectivity index (χ0) is 18.9. The summed E-state index contributed by atoms with van der Waals surface area (Å²) in [6, 6.07) is 11.3. The molecule has 0 spiro atoms. The Kier molecular flexibility index (Phi) is 5.32. The van der Waals surface area contributed by atoms with Crippen LogP contribution in [0.25, 0.3) is 0 Å². The third kappa shape index (κ3) is 3.47. The van der Waals surface area contributed by atoms with Gasteiger partial charge in [0.05, 0.1) is 11.6 Å². The van der Waals surface area contributed by atoms with E-state index in [0.29, 0.717) is 26.4 Å². The van der Waals surface area contributed by atoms with Crippen molar-refractivity contribution in [1.82, 2.24) is 10.2 Å². The molecule has 0 aliphatic carbocycles. The van der Waals surface area contributed by atoms with Crippen molar-refractivity contribution in [1.29, 1.82) is 0 Å². The largest absolute Gasteiger partial charge is 0.490 e. The molecule has 1 saturated heterocycles. The van der Waals surface area contributed by atoms with Crippen molar-refractivity contribution in [3.05, 3.63) is 63.1 Å². The molecule has 1 atom stereocenters. The van der Waals surface area contributed by atoms with Crippen LogP contribution in [0.2, 0.25) is 15.1 Å². The molecule has 2 aromatic carbocycles. The third-order valence-corrected chi connectivity index (χ3v) is 5.01. The molecule has 0 bridgehead atoms. The van der Waals surface area contributed by atoms with Gasteiger partial charge >= 0.3 is 6.03 Å². The Labute approximate surface area is 165 Å². The Morgan fingerprint density at radius 3 is 2.50 bits per heavy atom. The molecule has 0 saturated carbocycles. The molecule has 3 rings (SSSR count). The van der Waals surface area contributed by atoms with Crippen LogP contribution in [0.5, 0.6) is 5.75 Å². The van der Waals surface area contributed by atoms with E-state index < -0.39 is 17.5 Å². The van der Waals surface area contributed by atoms with E-state index in [1.807, 2.05) is 0 Å². The van der Waals surface area contributed by atoms with Gasteiger partial charge in [0.2, 0.25) is 0 Å². The van der Waals surface area contributed by atoms with Gasteiger partial charge in [-0.25, -0.2) is 4.79 Å². The summed E-state index contributed by atoms with van der Waals surface area (Å²) in [6.45, 7) is 1.81. The van der Waals surface area contributed by atoms with Crippen molar-refractivity contribution in [3.63, 3.8) is 0 Å². The van der Waals surface area contributed by atoms with Gasteiger partial charge in [0.15, 0.2) is 0 Å². The highest BCUT2D eigenvalue weighted by atomic mass is 35.5. The van der Waals surface area contributed by atoms with Crippen LogP contribution >= 0.6 is 34.8 Å². The number of hydrogen-bond donors (Lipinski definition) is 1. The van der Waals surface area contributed by atoms with Crippen molar-refractivity contribution in [2.24, 2.45) is 0 Å². The van der Waals surface area contributed by atoms with Crippen molar-refractivity contribution in [2.45, 2.75) is 12.5 Å². The topological polar surface area (TPSA) is 58.6 Å². The first-order valence-corrected chi connectivity index (χ1v) is 8.93. The first-order chi connectivity index (χ1) is 12.3. The molecule has 1 aliphatic rings. The number of urea groups is 1. The van der Waals surface area contributed by atoms with Crippen LogP contribution in [0.4, 0.5) is 4.79 Å². The van der Waals surface area contributed by atoms with Crippen LogP contribution in [0.15, 0.2) is 42.5 Å². The summed E-state index contributed by atoms with van der Waals surface area (Å²) in [5.74, 6) is 0.0826. The summed E-state index contributed by atoms with van der Waals surface area (Å²) in [6.07, 6.45) is 0. The van der Waals surface area contributed by atoms with Gasteiger partial charge in [-0.15, -0.1) is 0 Å². The summed E-state index contributed by atoms with van der Waals surface area (Å²) < 4.78 is 5.56. The van der Waals surface area contributed by atoms with Crippen molar-refractivity contribution < 1.29 is 14.3 Å². The maximum atomic E-state index is 12.9. The van der Waals surface area contributed by atoms with Gasteiger partial charge in [-0.1, -0.05) is 53.0 Å². The van der Waals surface area contributed by atoms with E-state index in [-0.39, 0.29) is 13.2 Å². The number of amides is 3. The average Bonchev–Trinajstić information content (AvgIpc) is 2.80. The van der Waals surface area contributed by atoms with Gasteiger partial charge < -0.3 is 10.1 Å². The molecule has 136 valence electrons. The quantitative estimate of drug-likeness (QED) is 0.735. The van der Waals surface area contributed by atoms with E-state index >= 15 is 0 Å². The molecular weight excluding hydrogens is 399 g/mol. The first-order valence-electron chi connectivity index (χ1n) is 7.80. The van der Waals surface area contributed by atoms with Crippen molar-refractivity contribution in [3.8, 4) is 5.75 Å². The summed E-state index contributed by atoms with van der Waals surface area (Å²) in [5.41, 5.74) is -0.778. The second-order valence-corrected chi connectivity index (χ2v) is 7.17. The number of carbonyl (C=O) groups excluding carboxylic acids is 2. The Hall–Kier alpha value is -1.95.